The molecule has 0 saturated heterocycles. The number of nitro benzene ring substituents is 1. The molecule has 0 aromatic heterocycles. The molecule has 110 valence electrons. The molecule has 0 atom stereocenters. The smallest absolute Gasteiger partial charge is 0.304 e. The predicted octanol–water partition coefficient (Wildman–Crippen LogP) is 3.43. The highest BCUT2D eigenvalue weighted by Gasteiger charge is 2.27. The lowest BCUT2D eigenvalue weighted by molar-refractivity contribution is -0.387. The van der Waals surface area contributed by atoms with Crippen molar-refractivity contribution < 1.29 is 14.1 Å². The van der Waals surface area contributed by atoms with Crippen LogP contribution in [0.15, 0.2) is 18.2 Å². The minimum absolute atomic E-state index is 0.0906. The van der Waals surface area contributed by atoms with Gasteiger partial charge in [-0.3, -0.25) is 14.9 Å². The fraction of sp³-hybridized carbons (Fsp3) is 0.500. The van der Waals surface area contributed by atoms with Gasteiger partial charge in [-0.05, 0) is 31.4 Å². The summed E-state index contributed by atoms with van der Waals surface area (Å²) in [7, 11) is 0. The van der Waals surface area contributed by atoms with Crippen molar-refractivity contribution in [2.75, 3.05) is 0 Å². The number of benzene rings is 1. The van der Waals surface area contributed by atoms with Gasteiger partial charge in [-0.25, -0.2) is 0 Å². The average Bonchev–Trinajstić information content (AvgIpc) is 2.44. The molecule has 0 bridgehead atoms. The number of nitrogens with one attached hydrogen (secondary N) is 1. The first-order valence-corrected chi connectivity index (χ1v) is 6.65. The van der Waals surface area contributed by atoms with Crippen molar-refractivity contribution in [3.8, 4) is 0 Å². The van der Waals surface area contributed by atoms with Crippen LogP contribution in [0, 0.1) is 15.9 Å². The van der Waals surface area contributed by atoms with Gasteiger partial charge in [0.15, 0.2) is 0 Å². The zero-order valence-electron chi connectivity index (χ0n) is 11.9. The molecule has 0 unspecified atom stereocenters. The van der Waals surface area contributed by atoms with Gasteiger partial charge >= 0.3 is 5.69 Å². The molecule has 0 fully saturated rings. The Balaban J connectivity index is 2.99. The third-order valence-corrected chi connectivity index (χ3v) is 3.82. The normalized spacial score (nSPS) is 11.2. The molecular weight excluding hydrogens is 263 g/mol. The Morgan fingerprint density at radius 1 is 1.30 bits per heavy atom. The summed E-state index contributed by atoms with van der Waals surface area (Å²) < 4.78 is 13.5. The molecule has 6 heteroatoms. The summed E-state index contributed by atoms with van der Waals surface area (Å²) in [5.41, 5.74) is -0.864. The van der Waals surface area contributed by atoms with Gasteiger partial charge in [-0.2, -0.15) is 4.39 Å². The topological polar surface area (TPSA) is 72.2 Å². The first kappa shape index (κ1) is 16.1. The van der Waals surface area contributed by atoms with E-state index in [0.29, 0.717) is 0 Å². The molecule has 0 radical (unpaired) electrons. The zero-order valence-corrected chi connectivity index (χ0v) is 11.9. The summed E-state index contributed by atoms with van der Waals surface area (Å²) >= 11 is 0. The molecule has 5 nitrogen and oxygen atoms in total. The Morgan fingerprint density at radius 3 is 2.25 bits per heavy atom. The van der Waals surface area contributed by atoms with Crippen molar-refractivity contribution in [3.63, 3.8) is 0 Å². The van der Waals surface area contributed by atoms with E-state index in [1.165, 1.54) is 6.07 Å². The van der Waals surface area contributed by atoms with E-state index in [1.54, 1.807) is 0 Å². The second-order valence-corrected chi connectivity index (χ2v) is 4.72. The summed E-state index contributed by atoms with van der Waals surface area (Å²) in [5, 5.41) is 13.4. The second kappa shape index (κ2) is 6.45. The first-order valence-electron chi connectivity index (χ1n) is 6.65. The Labute approximate surface area is 117 Å². The molecule has 1 aromatic carbocycles. The Morgan fingerprint density at radius 2 is 1.85 bits per heavy atom. The van der Waals surface area contributed by atoms with Crippen molar-refractivity contribution in [1.29, 1.82) is 0 Å². The van der Waals surface area contributed by atoms with Crippen LogP contribution < -0.4 is 5.32 Å². The minimum atomic E-state index is -1.00. The second-order valence-electron chi connectivity index (χ2n) is 4.72. The zero-order chi connectivity index (χ0) is 15.3. The van der Waals surface area contributed by atoms with Crippen molar-refractivity contribution in [2.24, 2.45) is 0 Å². The van der Waals surface area contributed by atoms with E-state index in [4.69, 9.17) is 0 Å². The van der Waals surface area contributed by atoms with Crippen LogP contribution in [0.1, 0.15) is 50.4 Å². The standard InChI is InChI=1S/C14H19FN2O3/c1-4-14(5-2,6-3)16-13(18)10-7-8-12(17(19)20)11(15)9-10/h7-9H,4-6H2,1-3H3,(H,16,18). The Bertz CT molecular complexity index is 505. The predicted molar refractivity (Wildman–Crippen MR) is 74.1 cm³/mol. The quantitative estimate of drug-likeness (QED) is 0.641. The third kappa shape index (κ3) is 3.31. The number of hydrogen-bond acceptors (Lipinski definition) is 3. The lowest BCUT2D eigenvalue weighted by Gasteiger charge is -2.31. The van der Waals surface area contributed by atoms with Gasteiger partial charge in [0.25, 0.3) is 5.91 Å². The Kier molecular flexibility index (Phi) is 5.19. The van der Waals surface area contributed by atoms with Gasteiger partial charge in [0.05, 0.1) is 4.92 Å². The summed E-state index contributed by atoms with van der Waals surface area (Å²) in [6, 6.07) is 3.18. The highest BCUT2D eigenvalue weighted by atomic mass is 19.1. The molecule has 0 aliphatic rings. The lowest BCUT2D eigenvalue weighted by atomic mass is 9.89. The van der Waals surface area contributed by atoms with Crippen molar-refractivity contribution in [1.82, 2.24) is 5.32 Å². The van der Waals surface area contributed by atoms with E-state index >= 15 is 0 Å². The highest BCUT2D eigenvalue weighted by Crippen LogP contribution is 2.22. The molecular formula is C14H19FN2O3. The Hall–Kier alpha value is -1.98. The van der Waals surface area contributed by atoms with Crippen LogP contribution in [-0.4, -0.2) is 16.4 Å². The van der Waals surface area contributed by atoms with Crippen LogP contribution in [0.4, 0.5) is 10.1 Å². The molecule has 1 amide bonds. The van der Waals surface area contributed by atoms with Gasteiger partial charge in [-0.1, -0.05) is 20.8 Å². The van der Waals surface area contributed by atoms with Crippen LogP contribution >= 0.6 is 0 Å². The van der Waals surface area contributed by atoms with Crippen LogP contribution in [-0.2, 0) is 0 Å². The van der Waals surface area contributed by atoms with Crippen LogP contribution in [0.2, 0.25) is 0 Å². The van der Waals surface area contributed by atoms with Gasteiger partial charge in [0.2, 0.25) is 5.82 Å². The number of nitro groups is 1. The highest BCUT2D eigenvalue weighted by molar-refractivity contribution is 5.95. The fourth-order valence-corrected chi connectivity index (χ4v) is 2.12. The molecule has 20 heavy (non-hydrogen) atoms. The van der Waals surface area contributed by atoms with E-state index in [0.717, 1.165) is 31.4 Å². The van der Waals surface area contributed by atoms with E-state index in [1.807, 2.05) is 20.8 Å². The molecule has 1 N–H and O–H groups in total. The molecule has 0 heterocycles. The van der Waals surface area contributed by atoms with Crippen LogP contribution in [0.5, 0.6) is 0 Å². The minimum Gasteiger partial charge on any atom is -0.347 e. The number of carbonyl (C=O) groups is 1. The summed E-state index contributed by atoms with van der Waals surface area (Å²) in [6.45, 7) is 5.93. The number of nitrogens with zero attached hydrogens (tertiary/aromatic N) is 1. The maximum absolute atomic E-state index is 13.5. The van der Waals surface area contributed by atoms with Gasteiger partial charge < -0.3 is 5.32 Å². The summed E-state index contributed by atoms with van der Waals surface area (Å²) in [6.07, 6.45) is 2.30. The number of carbonyl (C=O) groups excluding carboxylic acids is 1. The fourth-order valence-electron chi connectivity index (χ4n) is 2.12. The van der Waals surface area contributed by atoms with Crippen molar-refractivity contribution in [2.45, 2.75) is 45.6 Å². The van der Waals surface area contributed by atoms with E-state index in [-0.39, 0.29) is 11.1 Å². The monoisotopic (exact) mass is 282 g/mol. The van der Waals surface area contributed by atoms with E-state index < -0.39 is 22.3 Å². The molecule has 0 saturated carbocycles. The molecule has 0 spiro atoms. The molecule has 0 aliphatic heterocycles. The van der Waals surface area contributed by atoms with Gasteiger partial charge in [-0.15, -0.1) is 0 Å². The molecule has 1 aromatic rings. The van der Waals surface area contributed by atoms with Crippen LogP contribution in [0.3, 0.4) is 0 Å². The third-order valence-electron chi connectivity index (χ3n) is 3.82. The summed E-state index contributed by atoms with van der Waals surface area (Å²) in [5.74, 6) is -1.41. The number of hydrogen-bond donors (Lipinski definition) is 1. The van der Waals surface area contributed by atoms with Gasteiger partial charge in [0, 0.05) is 17.2 Å². The largest absolute Gasteiger partial charge is 0.347 e. The van der Waals surface area contributed by atoms with Gasteiger partial charge in [0.1, 0.15) is 0 Å². The number of halogens is 1. The maximum Gasteiger partial charge on any atom is 0.304 e. The van der Waals surface area contributed by atoms with Crippen molar-refractivity contribution in [3.05, 3.63) is 39.7 Å². The van der Waals surface area contributed by atoms with E-state index in [2.05, 4.69) is 5.32 Å². The summed E-state index contributed by atoms with van der Waals surface area (Å²) in [4.78, 5) is 21.8. The SMILES string of the molecule is CCC(CC)(CC)NC(=O)c1ccc([N+](=O)[O-])c(F)c1. The lowest BCUT2D eigenvalue weighted by Crippen LogP contribution is -2.47. The molecule has 1 rings (SSSR count). The van der Waals surface area contributed by atoms with Crippen LogP contribution in [0.25, 0.3) is 0 Å². The first-order chi connectivity index (χ1) is 9.39. The van der Waals surface area contributed by atoms with E-state index in [9.17, 15) is 19.3 Å². The number of amides is 1. The molecule has 0 aliphatic carbocycles. The average molecular weight is 282 g/mol. The van der Waals surface area contributed by atoms with Crippen molar-refractivity contribution >= 4 is 11.6 Å². The maximum atomic E-state index is 13.5. The number of rotatable bonds is 6.